The number of nitrogens with one attached hydrogen (secondary N) is 2. The van der Waals surface area contributed by atoms with Crippen molar-refractivity contribution in [3.63, 3.8) is 0 Å². The minimum atomic E-state index is -0.956. The molecule has 1 aliphatic heterocycles. The van der Waals surface area contributed by atoms with Crippen LogP contribution in [-0.4, -0.2) is 43.3 Å². The van der Waals surface area contributed by atoms with E-state index in [1.165, 1.54) is 11.1 Å². The molecular formula is C20H27FN4OS. The highest BCUT2D eigenvalue weighted by Gasteiger charge is 2.21. The predicted molar refractivity (Wildman–Crippen MR) is 110 cm³/mol. The van der Waals surface area contributed by atoms with Crippen LogP contribution in [0.2, 0.25) is 0 Å². The topological polar surface area (TPSA) is 59.9 Å². The van der Waals surface area contributed by atoms with E-state index < -0.39 is 11.9 Å². The fraction of sp³-hybridized carbons (Fsp3) is 0.450. The van der Waals surface area contributed by atoms with Gasteiger partial charge in [-0.3, -0.25) is 4.99 Å². The Bertz CT molecular complexity index is 729. The number of aliphatic hydroxyl groups is 1. The molecule has 1 aliphatic rings. The Balaban J connectivity index is 1.54. The fourth-order valence-electron chi connectivity index (χ4n) is 3.23. The van der Waals surface area contributed by atoms with E-state index in [4.69, 9.17) is 0 Å². The Labute approximate surface area is 163 Å². The van der Waals surface area contributed by atoms with Gasteiger partial charge in [-0.1, -0.05) is 18.2 Å². The first-order chi connectivity index (χ1) is 13.2. The Morgan fingerprint density at radius 1 is 1.30 bits per heavy atom. The molecule has 5 nitrogen and oxygen atoms in total. The number of hydrogen-bond acceptors (Lipinski definition) is 4. The lowest BCUT2D eigenvalue weighted by Gasteiger charge is -2.33. The maximum atomic E-state index is 13.8. The van der Waals surface area contributed by atoms with Crippen molar-refractivity contribution in [2.75, 3.05) is 31.1 Å². The minimum absolute atomic E-state index is 0.115. The van der Waals surface area contributed by atoms with Crippen molar-refractivity contribution in [3.05, 3.63) is 53.2 Å². The molecule has 1 atom stereocenters. The van der Waals surface area contributed by atoms with Crippen molar-refractivity contribution in [1.29, 1.82) is 0 Å². The first-order valence-electron chi connectivity index (χ1n) is 9.43. The van der Waals surface area contributed by atoms with Crippen LogP contribution in [0, 0.1) is 5.82 Å². The summed E-state index contributed by atoms with van der Waals surface area (Å²) < 4.78 is 13.8. The summed E-state index contributed by atoms with van der Waals surface area (Å²) in [5.74, 6) is 0.265. The highest BCUT2D eigenvalue weighted by molar-refractivity contribution is 7.14. The molecule has 1 aromatic heterocycles. The molecule has 27 heavy (non-hydrogen) atoms. The first kappa shape index (κ1) is 19.6. The third-order valence-electron chi connectivity index (χ3n) is 4.68. The standard InChI is InChI=1S/C20H27FN4OS/c1-2-22-20(23-14-18(26)16-6-3-4-7-17(16)21)24-15-9-11-25(12-10-15)19-8-5-13-27-19/h3-8,13,15,18,26H,2,9-12,14H2,1H3,(H2,22,23,24). The molecule has 0 aliphatic carbocycles. The lowest BCUT2D eigenvalue weighted by Crippen LogP contribution is -2.48. The van der Waals surface area contributed by atoms with Gasteiger partial charge in [0.2, 0.25) is 0 Å². The maximum absolute atomic E-state index is 13.8. The van der Waals surface area contributed by atoms with Gasteiger partial charge < -0.3 is 20.6 Å². The number of rotatable bonds is 6. The zero-order chi connectivity index (χ0) is 19.1. The summed E-state index contributed by atoms with van der Waals surface area (Å²) in [5, 5.41) is 20.4. The number of aliphatic hydroxyl groups excluding tert-OH is 1. The van der Waals surface area contributed by atoms with Crippen molar-refractivity contribution in [3.8, 4) is 0 Å². The SMILES string of the molecule is CCNC(=NCC(O)c1ccccc1F)NC1CCN(c2cccs2)CC1. The molecule has 2 heterocycles. The van der Waals surface area contributed by atoms with Crippen molar-refractivity contribution in [2.45, 2.75) is 31.9 Å². The monoisotopic (exact) mass is 390 g/mol. The molecule has 3 N–H and O–H groups in total. The second-order valence-electron chi connectivity index (χ2n) is 6.61. The molecular weight excluding hydrogens is 363 g/mol. The van der Waals surface area contributed by atoms with Crippen LogP contribution in [-0.2, 0) is 0 Å². The van der Waals surface area contributed by atoms with Crippen LogP contribution >= 0.6 is 11.3 Å². The van der Waals surface area contributed by atoms with Crippen LogP contribution in [0.4, 0.5) is 9.39 Å². The summed E-state index contributed by atoms with van der Waals surface area (Å²) in [4.78, 5) is 6.87. The molecule has 146 valence electrons. The number of benzene rings is 1. The van der Waals surface area contributed by atoms with Crippen molar-refractivity contribution < 1.29 is 9.50 Å². The molecule has 1 saturated heterocycles. The van der Waals surface area contributed by atoms with Gasteiger partial charge in [0.15, 0.2) is 5.96 Å². The van der Waals surface area contributed by atoms with Gasteiger partial charge in [0.25, 0.3) is 0 Å². The largest absolute Gasteiger partial charge is 0.386 e. The van der Waals surface area contributed by atoms with Crippen molar-refractivity contribution in [2.24, 2.45) is 4.99 Å². The third-order valence-corrected chi connectivity index (χ3v) is 5.61. The average molecular weight is 391 g/mol. The Morgan fingerprint density at radius 2 is 2.07 bits per heavy atom. The van der Waals surface area contributed by atoms with Crippen molar-refractivity contribution >= 4 is 22.3 Å². The van der Waals surface area contributed by atoms with E-state index in [-0.39, 0.29) is 12.1 Å². The number of hydrogen-bond donors (Lipinski definition) is 3. The van der Waals surface area contributed by atoms with E-state index in [9.17, 15) is 9.50 Å². The summed E-state index contributed by atoms with van der Waals surface area (Å²) >= 11 is 1.77. The number of nitrogens with zero attached hydrogens (tertiary/aromatic N) is 2. The van der Waals surface area contributed by atoms with Gasteiger partial charge in [0, 0.05) is 31.2 Å². The fourth-order valence-corrected chi connectivity index (χ4v) is 4.01. The van der Waals surface area contributed by atoms with Gasteiger partial charge in [-0.05, 0) is 43.3 Å². The summed E-state index contributed by atoms with van der Waals surface area (Å²) in [7, 11) is 0. The summed E-state index contributed by atoms with van der Waals surface area (Å²) in [6.45, 7) is 4.87. The lowest BCUT2D eigenvalue weighted by molar-refractivity contribution is 0.182. The minimum Gasteiger partial charge on any atom is -0.386 e. The molecule has 3 rings (SSSR count). The molecule has 0 radical (unpaired) electrons. The molecule has 1 fully saturated rings. The lowest BCUT2D eigenvalue weighted by atomic mass is 10.1. The number of thiophene rings is 1. The summed E-state index contributed by atoms with van der Waals surface area (Å²) in [6.07, 6.45) is 1.10. The number of aliphatic imine (C=N–C) groups is 1. The highest BCUT2D eigenvalue weighted by atomic mass is 32.1. The molecule has 2 aromatic rings. The van der Waals surface area contributed by atoms with Crippen LogP contribution in [0.1, 0.15) is 31.4 Å². The quantitative estimate of drug-likeness (QED) is 0.524. The van der Waals surface area contributed by atoms with E-state index in [1.807, 2.05) is 6.92 Å². The molecule has 1 aromatic carbocycles. The molecule has 0 bridgehead atoms. The Morgan fingerprint density at radius 3 is 2.74 bits per heavy atom. The number of halogens is 1. The van der Waals surface area contributed by atoms with Gasteiger partial charge in [-0.2, -0.15) is 0 Å². The summed E-state index contributed by atoms with van der Waals surface area (Å²) in [6, 6.07) is 10.9. The molecule has 0 saturated carbocycles. The number of anilines is 1. The average Bonchev–Trinajstić information content (AvgIpc) is 3.22. The smallest absolute Gasteiger partial charge is 0.191 e. The van der Waals surface area contributed by atoms with E-state index in [2.05, 4.69) is 38.0 Å². The van der Waals surface area contributed by atoms with Crippen LogP contribution < -0.4 is 15.5 Å². The molecule has 0 amide bonds. The van der Waals surface area contributed by atoms with E-state index in [0.717, 1.165) is 32.5 Å². The normalized spacial score (nSPS) is 17.0. The van der Waals surface area contributed by atoms with Crippen LogP contribution in [0.25, 0.3) is 0 Å². The number of piperidine rings is 1. The van der Waals surface area contributed by atoms with Crippen molar-refractivity contribution in [1.82, 2.24) is 10.6 Å². The van der Waals surface area contributed by atoms with Gasteiger partial charge in [0.05, 0.1) is 11.5 Å². The Hall–Kier alpha value is -2.12. The maximum Gasteiger partial charge on any atom is 0.191 e. The predicted octanol–water partition coefficient (Wildman–Crippen LogP) is 3.14. The van der Waals surface area contributed by atoms with Crippen LogP contribution in [0.15, 0.2) is 46.8 Å². The van der Waals surface area contributed by atoms with E-state index in [1.54, 1.807) is 29.5 Å². The second-order valence-corrected chi connectivity index (χ2v) is 7.54. The summed E-state index contributed by atoms with van der Waals surface area (Å²) in [5.41, 5.74) is 0.279. The molecule has 7 heteroatoms. The van der Waals surface area contributed by atoms with Crippen LogP contribution in [0.3, 0.4) is 0 Å². The van der Waals surface area contributed by atoms with Gasteiger partial charge in [-0.15, -0.1) is 11.3 Å². The van der Waals surface area contributed by atoms with E-state index in [0.29, 0.717) is 12.0 Å². The zero-order valence-electron chi connectivity index (χ0n) is 15.6. The van der Waals surface area contributed by atoms with Gasteiger partial charge in [-0.25, -0.2) is 4.39 Å². The van der Waals surface area contributed by atoms with Crippen LogP contribution in [0.5, 0.6) is 0 Å². The first-order valence-corrected chi connectivity index (χ1v) is 10.3. The second kappa shape index (κ2) is 9.71. The Kier molecular flexibility index (Phi) is 7.06. The molecule has 1 unspecified atom stereocenters. The van der Waals surface area contributed by atoms with Gasteiger partial charge in [0.1, 0.15) is 11.9 Å². The molecule has 0 spiro atoms. The zero-order valence-corrected chi connectivity index (χ0v) is 16.4. The van der Waals surface area contributed by atoms with E-state index >= 15 is 0 Å². The third kappa shape index (κ3) is 5.43. The number of guanidine groups is 1. The highest BCUT2D eigenvalue weighted by Crippen LogP contribution is 2.24. The van der Waals surface area contributed by atoms with Gasteiger partial charge >= 0.3 is 0 Å².